The molecule has 0 fully saturated rings. The number of nitrogen functional groups attached to an aromatic ring is 1. The largest absolute Gasteiger partial charge is 0.392 e. The third-order valence-electron chi connectivity index (χ3n) is 4.33. The number of aliphatic hydroxyl groups is 1. The molecule has 0 spiro atoms. The standard InChI is InChI=1S/C20H21ClN4O3S/c21-17-3-1-2-15(16(17)11-26)18-10-19(25-20(22)24-18)23-9-8-13-4-6-14(7-5-13)12-29(27)28/h1-7,10,26H,8-9,11-12H2,(H,27,28)(H3,22,23,24,25). The lowest BCUT2D eigenvalue weighted by atomic mass is 10.0. The maximum atomic E-state index is 10.9. The minimum absolute atomic E-state index is 0.121. The molecule has 9 heteroatoms. The lowest BCUT2D eigenvalue weighted by molar-refractivity contribution is 0.282. The normalized spacial score (nSPS) is 12.0. The maximum Gasteiger partial charge on any atom is 0.222 e. The summed E-state index contributed by atoms with van der Waals surface area (Å²) in [6.07, 6.45) is 0.737. The van der Waals surface area contributed by atoms with Gasteiger partial charge in [0.25, 0.3) is 0 Å². The molecule has 0 amide bonds. The fourth-order valence-corrected chi connectivity index (χ4v) is 3.65. The van der Waals surface area contributed by atoms with Crippen molar-refractivity contribution in [2.45, 2.75) is 18.8 Å². The number of nitrogens with two attached hydrogens (primary N) is 1. The SMILES string of the molecule is Nc1nc(NCCc2ccc(CS(=O)O)cc2)cc(-c2cccc(Cl)c2CO)n1. The summed E-state index contributed by atoms with van der Waals surface area (Å²) in [5, 5.41) is 13.3. The van der Waals surface area contributed by atoms with Crippen molar-refractivity contribution in [3.05, 3.63) is 70.2 Å². The second-order valence-corrected chi connectivity index (χ2v) is 7.72. The van der Waals surface area contributed by atoms with Gasteiger partial charge in [-0.15, -0.1) is 0 Å². The minimum atomic E-state index is -1.84. The zero-order chi connectivity index (χ0) is 20.8. The van der Waals surface area contributed by atoms with Crippen molar-refractivity contribution in [1.82, 2.24) is 9.97 Å². The highest BCUT2D eigenvalue weighted by molar-refractivity contribution is 7.78. The fourth-order valence-electron chi connectivity index (χ4n) is 2.93. The van der Waals surface area contributed by atoms with Gasteiger partial charge >= 0.3 is 0 Å². The Morgan fingerprint density at radius 1 is 1.10 bits per heavy atom. The summed E-state index contributed by atoms with van der Waals surface area (Å²) in [5.41, 5.74) is 9.63. The fraction of sp³-hybridized carbons (Fsp3) is 0.200. The first-order valence-electron chi connectivity index (χ1n) is 8.88. The molecule has 0 aliphatic heterocycles. The van der Waals surface area contributed by atoms with E-state index in [0.29, 0.717) is 34.2 Å². The Bertz CT molecular complexity index is 1020. The summed E-state index contributed by atoms with van der Waals surface area (Å²) in [5.74, 6) is 0.819. The number of nitrogens with zero attached hydrogens (tertiary/aromatic N) is 2. The molecule has 0 saturated carbocycles. The van der Waals surface area contributed by atoms with E-state index < -0.39 is 11.1 Å². The Morgan fingerprint density at radius 3 is 2.52 bits per heavy atom. The Labute approximate surface area is 176 Å². The van der Waals surface area contributed by atoms with Crippen LogP contribution < -0.4 is 11.1 Å². The zero-order valence-electron chi connectivity index (χ0n) is 15.5. The molecule has 3 rings (SSSR count). The zero-order valence-corrected chi connectivity index (χ0v) is 17.1. The van der Waals surface area contributed by atoms with Gasteiger partial charge in [0.1, 0.15) is 5.82 Å². The highest BCUT2D eigenvalue weighted by Gasteiger charge is 2.12. The molecule has 0 aliphatic rings. The van der Waals surface area contributed by atoms with E-state index in [-0.39, 0.29) is 18.3 Å². The molecule has 3 aromatic rings. The molecule has 0 aliphatic carbocycles. The van der Waals surface area contributed by atoms with Crippen molar-refractivity contribution in [2.24, 2.45) is 0 Å². The molecular formula is C20H21ClN4O3S. The van der Waals surface area contributed by atoms with Crippen LogP contribution in [0.4, 0.5) is 11.8 Å². The Morgan fingerprint density at radius 2 is 1.83 bits per heavy atom. The van der Waals surface area contributed by atoms with Gasteiger partial charge in [-0.2, -0.15) is 4.98 Å². The predicted molar refractivity (Wildman–Crippen MR) is 116 cm³/mol. The van der Waals surface area contributed by atoms with Crippen molar-refractivity contribution in [1.29, 1.82) is 0 Å². The van der Waals surface area contributed by atoms with Crippen LogP contribution in [0.25, 0.3) is 11.3 Å². The first-order chi connectivity index (χ1) is 14.0. The summed E-state index contributed by atoms with van der Waals surface area (Å²) < 4.78 is 19.8. The van der Waals surface area contributed by atoms with Crippen molar-refractivity contribution in [2.75, 3.05) is 17.6 Å². The van der Waals surface area contributed by atoms with E-state index in [1.54, 1.807) is 18.2 Å². The number of anilines is 2. The topological polar surface area (TPSA) is 121 Å². The van der Waals surface area contributed by atoms with Crippen LogP contribution in [0.1, 0.15) is 16.7 Å². The lowest BCUT2D eigenvalue weighted by Gasteiger charge is -2.12. The Kier molecular flexibility index (Phi) is 7.16. The van der Waals surface area contributed by atoms with Crippen molar-refractivity contribution >= 4 is 34.4 Å². The molecule has 1 aromatic heterocycles. The van der Waals surface area contributed by atoms with Gasteiger partial charge in [-0.1, -0.05) is 48.0 Å². The van der Waals surface area contributed by atoms with Crippen LogP contribution in [0, 0.1) is 0 Å². The van der Waals surface area contributed by atoms with Crippen LogP contribution in [-0.2, 0) is 29.9 Å². The highest BCUT2D eigenvalue weighted by Crippen LogP contribution is 2.29. The molecule has 1 heterocycles. The number of hydrogen-bond acceptors (Lipinski definition) is 6. The number of aliphatic hydroxyl groups excluding tert-OH is 1. The molecule has 152 valence electrons. The van der Waals surface area contributed by atoms with E-state index in [1.165, 1.54) is 0 Å². The molecule has 2 aromatic carbocycles. The summed E-state index contributed by atoms with van der Waals surface area (Å²) in [6, 6.07) is 14.7. The van der Waals surface area contributed by atoms with Gasteiger partial charge in [0, 0.05) is 28.8 Å². The van der Waals surface area contributed by atoms with Crippen LogP contribution in [-0.4, -0.2) is 30.4 Å². The van der Waals surface area contributed by atoms with Gasteiger partial charge in [-0.25, -0.2) is 9.19 Å². The van der Waals surface area contributed by atoms with E-state index in [4.69, 9.17) is 21.9 Å². The second-order valence-electron chi connectivity index (χ2n) is 6.38. The third-order valence-corrected chi connectivity index (χ3v) is 5.26. The second kappa shape index (κ2) is 9.80. The number of halogens is 1. The average Bonchev–Trinajstić information content (AvgIpc) is 2.68. The maximum absolute atomic E-state index is 10.9. The average molecular weight is 433 g/mol. The molecule has 1 unspecified atom stereocenters. The first-order valence-corrected chi connectivity index (χ1v) is 10.5. The lowest BCUT2D eigenvalue weighted by Crippen LogP contribution is -2.09. The van der Waals surface area contributed by atoms with Crippen molar-refractivity contribution in [3.8, 4) is 11.3 Å². The molecule has 0 radical (unpaired) electrons. The third kappa shape index (κ3) is 5.74. The Balaban J connectivity index is 1.69. The quantitative estimate of drug-likeness (QED) is 0.403. The molecule has 0 bridgehead atoms. The minimum Gasteiger partial charge on any atom is -0.392 e. The van der Waals surface area contributed by atoms with Crippen LogP contribution in [0.2, 0.25) is 5.02 Å². The van der Waals surface area contributed by atoms with Gasteiger partial charge in [0.2, 0.25) is 5.95 Å². The number of benzene rings is 2. The summed E-state index contributed by atoms with van der Waals surface area (Å²) in [6.45, 7) is 0.408. The smallest absolute Gasteiger partial charge is 0.222 e. The van der Waals surface area contributed by atoms with Gasteiger partial charge in [0.15, 0.2) is 11.1 Å². The summed E-state index contributed by atoms with van der Waals surface area (Å²) in [7, 11) is 0. The van der Waals surface area contributed by atoms with Crippen LogP contribution in [0.5, 0.6) is 0 Å². The van der Waals surface area contributed by atoms with Gasteiger partial charge < -0.3 is 20.7 Å². The van der Waals surface area contributed by atoms with E-state index in [1.807, 2.05) is 30.3 Å². The summed E-state index contributed by atoms with van der Waals surface area (Å²) >= 11 is 4.33. The van der Waals surface area contributed by atoms with Gasteiger partial charge in [-0.3, -0.25) is 0 Å². The molecule has 7 nitrogen and oxygen atoms in total. The molecular weight excluding hydrogens is 412 g/mol. The van der Waals surface area contributed by atoms with Crippen LogP contribution in [0.15, 0.2) is 48.5 Å². The van der Waals surface area contributed by atoms with Crippen LogP contribution >= 0.6 is 11.6 Å². The van der Waals surface area contributed by atoms with E-state index in [9.17, 15) is 9.32 Å². The molecule has 1 atom stereocenters. The number of rotatable bonds is 8. The molecule has 0 saturated heterocycles. The van der Waals surface area contributed by atoms with E-state index in [0.717, 1.165) is 17.5 Å². The number of aromatic nitrogens is 2. The predicted octanol–water partition coefficient (Wildman–Crippen LogP) is 3.25. The number of hydrogen-bond donors (Lipinski definition) is 4. The van der Waals surface area contributed by atoms with Gasteiger partial charge in [0.05, 0.1) is 18.1 Å². The van der Waals surface area contributed by atoms with Crippen molar-refractivity contribution in [3.63, 3.8) is 0 Å². The van der Waals surface area contributed by atoms with E-state index in [2.05, 4.69) is 15.3 Å². The molecule has 29 heavy (non-hydrogen) atoms. The monoisotopic (exact) mass is 432 g/mol. The van der Waals surface area contributed by atoms with Crippen LogP contribution in [0.3, 0.4) is 0 Å². The summed E-state index contributed by atoms with van der Waals surface area (Å²) in [4.78, 5) is 8.48. The number of nitrogens with one attached hydrogen (secondary N) is 1. The molecule has 5 N–H and O–H groups in total. The van der Waals surface area contributed by atoms with Crippen molar-refractivity contribution < 1.29 is 13.9 Å². The van der Waals surface area contributed by atoms with E-state index >= 15 is 0 Å². The highest BCUT2D eigenvalue weighted by atomic mass is 35.5. The Hall–Kier alpha value is -2.52. The van der Waals surface area contributed by atoms with Gasteiger partial charge in [-0.05, 0) is 23.6 Å². The first kappa shape index (κ1) is 21.2.